The van der Waals surface area contributed by atoms with Crippen molar-refractivity contribution in [1.29, 1.82) is 0 Å². The summed E-state index contributed by atoms with van der Waals surface area (Å²) >= 11 is 4.14. The molecule has 5 heteroatoms. The lowest BCUT2D eigenvalue weighted by Crippen LogP contribution is -1.98. The molecular weight excluding hydrogens is 192 g/mol. The van der Waals surface area contributed by atoms with Crippen LogP contribution in [0.2, 0.25) is 0 Å². The predicted octanol–water partition coefficient (Wildman–Crippen LogP) is 1.91. The molecule has 0 saturated carbocycles. The van der Waals surface area contributed by atoms with Crippen LogP contribution in [-0.4, -0.2) is 16.4 Å². The minimum absolute atomic E-state index is 0.329. The quantitative estimate of drug-likeness (QED) is 0.586. The van der Waals surface area contributed by atoms with Gasteiger partial charge in [-0.25, -0.2) is 4.68 Å². The summed E-state index contributed by atoms with van der Waals surface area (Å²) in [5, 5.41) is 4.71. The van der Waals surface area contributed by atoms with Crippen LogP contribution in [0.4, 0.5) is 0 Å². The lowest BCUT2D eigenvalue weighted by atomic mass is 10.3. The second kappa shape index (κ2) is 3.22. The Morgan fingerprint density at radius 1 is 1.83 bits per heavy atom. The number of hydrogen-bond donors (Lipinski definition) is 1. The van der Waals surface area contributed by atoms with Gasteiger partial charge in [-0.1, -0.05) is 10.8 Å². The van der Waals surface area contributed by atoms with Crippen LogP contribution >= 0.6 is 22.5 Å². The van der Waals surface area contributed by atoms with Crippen molar-refractivity contribution in [2.24, 2.45) is 0 Å². The Bertz CT molecular complexity index is 265. The van der Waals surface area contributed by atoms with Crippen molar-refractivity contribution in [1.82, 2.24) is 9.78 Å². The highest BCUT2D eigenvalue weighted by Gasteiger charge is 2.17. The van der Waals surface area contributed by atoms with E-state index in [-0.39, 0.29) is 0 Å². The first-order valence-electron chi connectivity index (χ1n) is 3.82. The fourth-order valence-electron chi connectivity index (χ4n) is 1.18. The van der Waals surface area contributed by atoms with Gasteiger partial charge in [-0.15, -0.1) is 11.7 Å². The average Bonchev–Trinajstić information content (AvgIpc) is 2.60. The molecule has 2 heterocycles. The molecule has 0 radical (unpaired) electrons. The van der Waals surface area contributed by atoms with Crippen molar-refractivity contribution in [3.05, 3.63) is 11.8 Å². The Kier molecular flexibility index (Phi) is 2.23. The SMILES string of the molecule is CC(SS)c1cc2n(n1)CCO2. The largest absolute Gasteiger partial charge is 0.476 e. The van der Waals surface area contributed by atoms with Crippen LogP contribution in [-0.2, 0) is 6.54 Å². The van der Waals surface area contributed by atoms with Gasteiger partial charge >= 0.3 is 0 Å². The van der Waals surface area contributed by atoms with Gasteiger partial charge in [0.05, 0.1) is 17.5 Å². The van der Waals surface area contributed by atoms with Crippen molar-refractivity contribution in [3.63, 3.8) is 0 Å². The zero-order chi connectivity index (χ0) is 8.55. The van der Waals surface area contributed by atoms with Crippen LogP contribution < -0.4 is 4.74 Å². The molecule has 12 heavy (non-hydrogen) atoms. The summed E-state index contributed by atoms with van der Waals surface area (Å²) in [6, 6.07) is 1.99. The first-order chi connectivity index (χ1) is 5.81. The van der Waals surface area contributed by atoms with Crippen molar-refractivity contribution >= 4 is 22.5 Å². The topological polar surface area (TPSA) is 27.1 Å². The molecule has 0 aromatic carbocycles. The number of rotatable bonds is 2. The third-order valence-corrected chi connectivity index (χ3v) is 3.40. The Labute approximate surface area is 80.3 Å². The molecule has 0 aliphatic carbocycles. The standard InChI is InChI=1S/C7H10N2OS2/c1-5(12-11)6-4-7-9(8-6)2-3-10-7/h4-5,11H,2-3H2,1H3. The lowest BCUT2D eigenvalue weighted by Gasteiger charge is -2.01. The smallest absolute Gasteiger partial charge is 0.212 e. The fourth-order valence-corrected chi connectivity index (χ4v) is 1.73. The first-order valence-corrected chi connectivity index (χ1v) is 5.75. The number of aromatic nitrogens is 2. The van der Waals surface area contributed by atoms with Gasteiger partial charge in [-0.3, -0.25) is 0 Å². The summed E-state index contributed by atoms with van der Waals surface area (Å²) < 4.78 is 7.24. The summed E-state index contributed by atoms with van der Waals surface area (Å²) in [4.78, 5) is 0. The average molecular weight is 202 g/mol. The molecule has 0 fully saturated rings. The molecule has 1 unspecified atom stereocenters. The second-order valence-corrected chi connectivity index (χ2v) is 4.28. The predicted molar refractivity (Wildman–Crippen MR) is 52.7 cm³/mol. The van der Waals surface area contributed by atoms with Crippen LogP contribution in [0.15, 0.2) is 6.07 Å². The summed E-state index contributed by atoms with van der Waals surface area (Å²) in [7, 11) is 1.50. The molecule has 66 valence electrons. The minimum Gasteiger partial charge on any atom is -0.476 e. The number of nitrogens with zero attached hydrogens (tertiary/aromatic N) is 2. The maximum absolute atomic E-state index is 5.34. The maximum Gasteiger partial charge on any atom is 0.212 e. The number of hydrogen-bond acceptors (Lipinski definition) is 4. The Hall–Kier alpha value is -0.290. The molecule has 0 bridgehead atoms. The Morgan fingerprint density at radius 3 is 3.33 bits per heavy atom. The number of thiol groups is 1. The van der Waals surface area contributed by atoms with E-state index in [1.54, 1.807) is 0 Å². The summed E-state index contributed by atoms with van der Waals surface area (Å²) in [5.74, 6) is 0.888. The van der Waals surface area contributed by atoms with Crippen LogP contribution in [0.5, 0.6) is 5.88 Å². The normalized spacial score (nSPS) is 17.2. The molecule has 1 aromatic rings. The highest BCUT2D eigenvalue weighted by Crippen LogP contribution is 2.32. The van der Waals surface area contributed by atoms with E-state index in [1.807, 2.05) is 10.7 Å². The van der Waals surface area contributed by atoms with E-state index >= 15 is 0 Å². The maximum atomic E-state index is 5.34. The zero-order valence-electron chi connectivity index (χ0n) is 6.73. The van der Waals surface area contributed by atoms with Gasteiger partial charge in [-0.2, -0.15) is 5.10 Å². The Morgan fingerprint density at radius 2 is 2.67 bits per heavy atom. The molecule has 3 nitrogen and oxygen atoms in total. The van der Waals surface area contributed by atoms with Gasteiger partial charge in [0.15, 0.2) is 0 Å². The van der Waals surface area contributed by atoms with Gasteiger partial charge in [-0.05, 0) is 6.92 Å². The molecule has 1 atom stereocenters. The van der Waals surface area contributed by atoms with Crippen LogP contribution in [0.3, 0.4) is 0 Å². The third kappa shape index (κ3) is 1.31. The first kappa shape index (κ1) is 8.31. The molecule has 1 aromatic heterocycles. The summed E-state index contributed by atoms with van der Waals surface area (Å²) in [6.07, 6.45) is 0. The zero-order valence-corrected chi connectivity index (χ0v) is 8.44. The number of fused-ring (bicyclic) bond motifs is 1. The fraction of sp³-hybridized carbons (Fsp3) is 0.571. The van der Waals surface area contributed by atoms with Crippen molar-refractivity contribution in [3.8, 4) is 5.88 Å². The van der Waals surface area contributed by atoms with E-state index in [0.29, 0.717) is 5.25 Å². The van der Waals surface area contributed by atoms with Gasteiger partial charge in [0.1, 0.15) is 6.61 Å². The van der Waals surface area contributed by atoms with Gasteiger partial charge in [0.2, 0.25) is 5.88 Å². The van der Waals surface area contributed by atoms with E-state index in [4.69, 9.17) is 4.74 Å². The molecular formula is C7H10N2OS2. The van der Waals surface area contributed by atoms with Crippen molar-refractivity contribution < 1.29 is 4.74 Å². The van der Waals surface area contributed by atoms with E-state index in [9.17, 15) is 0 Å². The Balaban J connectivity index is 2.25. The monoisotopic (exact) mass is 202 g/mol. The minimum atomic E-state index is 0.329. The molecule has 1 aliphatic rings. The molecule has 1 aliphatic heterocycles. The van der Waals surface area contributed by atoms with E-state index in [0.717, 1.165) is 24.7 Å². The molecule has 0 spiro atoms. The van der Waals surface area contributed by atoms with Gasteiger partial charge in [0.25, 0.3) is 0 Å². The van der Waals surface area contributed by atoms with E-state index < -0.39 is 0 Å². The highest BCUT2D eigenvalue weighted by molar-refractivity contribution is 8.68. The molecule has 2 rings (SSSR count). The second-order valence-electron chi connectivity index (χ2n) is 2.73. The third-order valence-electron chi connectivity index (χ3n) is 1.89. The van der Waals surface area contributed by atoms with Crippen LogP contribution in [0.1, 0.15) is 17.9 Å². The summed E-state index contributed by atoms with van der Waals surface area (Å²) in [5.41, 5.74) is 1.05. The van der Waals surface area contributed by atoms with Crippen LogP contribution in [0.25, 0.3) is 0 Å². The van der Waals surface area contributed by atoms with Crippen molar-refractivity contribution in [2.75, 3.05) is 6.61 Å². The van der Waals surface area contributed by atoms with Crippen LogP contribution in [0, 0.1) is 0 Å². The van der Waals surface area contributed by atoms with E-state index in [1.165, 1.54) is 10.8 Å². The molecule has 0 N–H and O–H groups in total. The van der Waals surface area contributed by atoms with E-state index in [2.05, 4.69) is 23.7 Å². The highest BCUT2D eigenvalue weighted by atomic mass is 33.1. The van der Waals surface area contributed by atoms with Gasteiger partial charge in [0, 0.05) is 6.07 Å². The lowest BCUT2D eigenvalue weighted by molar-refractivity contribution is 0.356. The summed E-state index contributed by atoms with van der Waals surface area (Å²) in [6.45, 7) is 3.71. The molecule has 0 saturated heterocycles. The number of ether oxygens (including phenoxy) is 1. The van der Waals surface area contributed by atoms with Crippen molar-refractivity contribution in [2.45, 2.75) is 18.7 Å². The molecule has 0 amide bonds. The van der Waals surface area contributed by atoms with Gasteiger partial charge < -0.3 is 4.74 Å².